The van der Waals surface area contributed by atoms with Crippen LogP contribution in [0.1, 0.15) is 27.6 Å². The van der Waals surface area contributed by atoms with Crippen LogP contribution in [0.4, 0.5) is 0 Å². The van der Waals surface area contributed by atoms with E-state index in [1.165, 1.54) is 0 Å². The Balaban J connectivity index is 1.65. The summed E-state index contributed by atoms with van der Waals surface area (Å²) in [4.78, 5) is 12.2. The van der Waals surface area contributed by atoms with Gasteiger partial charge >= 0.3 is 0 Å². The molecule has 2 aromatic rings. The van der Waals surface area contributed by atoms with Crippen molar-refractivity contribution in [3.05, 3.63) is 70.2 Å². The molecule has 1 aliphatic rings. The fourth-order valence-corrected chi connectivity index (χ4v) is 2.68. The zero-order valence-electron chi connectivity index (χ0n) is 12.2. The Labute approximate surface area is 135 Å². The lowest BCUT2D eigenvalue weighted by Crippen LogP contribution is -2.33. The van der Waals surface area contributed by atoms with Gasteiger partial charge < -0.3 is 10.1 Å². The first-order valence-electron chi connectivity index (χ1n) is 7.42. The van der Waals surface area contributed by atoms with Crippen LogP contribution < -0.4 is 5.32 Å². The number of morpholine rings is 1. The van der Waals surface area contributed by atoms with E-state index >= 15 is 0 Å². The molecule has 1 unspecified atom stereocenters. The quantitative estimate of drug-likeness (QED) is 0.879. The van der Waals surface area contributed by atoms with E-state index in [-0.39, 0.29) is 11.9 Å². The Bertz CT molecular complexity index is 631. The highest BCUT2D eigenvalue weighted by molar-refractivity contribution is 6.30. The minimum atomic E-state index is 0.0972. The summed E-state index contributed by atoms with van der Waals surface area (Å²) < 4.78 is 5.72. The molecule has 4 heteroatoms. The van der Waals surface area contributed by atoms with E-state index in [0.29, 0.717) is 17.0 Å². The molecule has 0 aromatic heterocycles. The van der Waals surface area contributed by atoms with Gasteiger partial charge in [0.25, 0.3) is 0 Å². The molecule has 2 aromatic carbocycles. The van der Waals surface area contributed by atoms with E-state index < -0.39 is 0 Å². The summed E-state index contributed by atoms with van der Waals surface area (Å²) >= 11 is 5.84. The second kappa shape index (κ2) is 7.05. The molecule has 0 amide bonds. The zero-order chi connectivity index (χ0) is 15.4. The first-order chi connectivity index (χ1) is 10.7. The van der Waals surface area contributed by atoms with Crippen LogP contribution in [0.25, 0.3) is 0 Å². The first-order valence-corrected chi connectivity index (χ1v) is 7.80. The van der Waals surface area contributed by atoms with Crippen molar-refractivity contribution in [1.82, 2.24) is 5.32 Å². The molecule has 0 spiro atoms. The fraction of sp³-hybridized carbons (Fsp3) is 0.278. The van der Waals surface area contributed by atoms with Gasteiger partial charge in [0.2, 0.25) is 0 Å². The molecule has 3 nitrogen and oxygen atoms in total. The summed E-state index contributed by atoms with van der Waals surface area (Å²) in [6.07, 6.45) is 0.501. The van der Waals surface area contributed by atoms with E-state index in [0.717, 1.165) is 30.8 Å². The molecule has 0 bridgehead atoms. The van der Waals surface area contributed by atoms with Gasteiger partial charge in [0.15, 0.2) is 5.78 Å². The van der Waals surface area contributed by atoms with Crippen LogP contribution in [0.3, 0.4) is 0 Å². The number of ketones is 1. The highest BCUT2D eigenvalue weighted by atomic mass is 35.5. The Morgan fingerprint density at radius 2 is 1.86 bits per heavy atom. The maximum atomic E-state index is 12.2. The zero-order valence-corrected chi connectivity index (χ0v) is 13.0. The van der Waals surface area contributed by atoms with Gasteiger partial charge in [-0.15, -0.1) is 0 Å². The number of nitrogens with one attached hydrogen (secondary N) is 1. The van der Waals surface area contributed by atoms with Crippen LogP contribution in [0, 0.1) is 0 Å². The Morgan fingerprint density at radius 1 is 1.14 bits per heavy atom. The van der Waals surface area contributed by atoms with Gasteiger partial charge in [-0.25, -0.2) is 0 Å². The maximum Gasteiger partial charge on any atom is 0.167 e. The minimum absolute atomic E-state index is 0.0972. The molecule has 1 atom stereocenters. The molecule has 1 heterocycles. The molecule has 1 aliphatic heterocycles. The second-order valence-corrected chi connectivity index (χ2v) is 5.85. The van der Waals surface area contributed by atoms with Crippen LogP contribution in [0.2, 0.25) is 5.02 Å². The van der Waals surface area contributed by atoms with Gasteiger partial charge in [-0.2, -0.15) is 0 Å². The summed E-state index contributed by atoms with van der Waals surface area (Å²) in [6.45, 7) is 2.48. The Morgan fingerprint density at radius 3 is 2.50 bits per heavy atom. The lowest BCUT2D eigenvalue weighted by molar-refractivity contribution is 0.0277. The van der Waals surface area contributed by atoms with Gasteiger partial charge in [-0.3, -0.25) is 4.79 Å². The number of Topliss-reactive ketones (excluding diaryl/α,β-unsaturated/α-hetero) is 1. The molecule has 1 saturated heterocycles. The summed E-state index contributed by atoms with van der Waals surface area (Å²) in [7, 11) is 0. The van der Waals surface area contributed by atoms with E-state index in [1.54, 1.807) is 24.3 Å². The van der Waals surface area contributed by atoms with Crippen LogP contribution >= 0.6 is 11.6 Å². The van der Waals surface area contributed by atoms with E-state index in [2.05, 4.69) is 5.32 Å². The van der Waals surface area contributed by atoms with Gasteiger partial charge in [0.05, 0.1) is 12.7 Å². The number of halogens is 1. The number of hydrogen-bond acceptors (Lipinski definition) is 3. The SMILES string of the molecule is O=C(Cc1ccc(C2CNCCO2)cc1)c1ccc(Cl)cc1. The number of carbonyl (C=O) groups is 1. The Hall–Kier alpha value is -1.68. The highest BCUT2D eigenvalue weighted by Crippen LogP contribution is 2.20. The smallest absolute Gasteiger partial charge is 0.167 e. The van der Waals surface area contributed by atoms with E-state index in [4.69, 9.17) is 16.3 Å². The molecular weight excluding hydrogens is 298 g/mol. The van der Waals surface area contributed by atoms with Crippen molar-refractivity contribution < 1.29 is 9.53 Å². The molecule has 3 rings (SSSR count). The van der Waals surface area contributed by atoms with Crippen LogP contribution in [-0.2, 0) is 11.2 Å². The summed E-state index contributed by atoms with van der Waals surface area (Å²) in [5.41, 5.74) is 2.84. The minimum Gasteiger partial charge on any atom is -0.371 e. The topological polar surface area (TPSA) is 38.3 Å². The fourth-order valence-electron chi connectivity index (χ4n) is 2.55. The summed E-state index contributed by atoms with van der Waals surface area (Å²) in [5, 5.41) is 3.96. The van der Waals surface area contributed by atoms with Crippen molar-refractivity contribution in [2.24, 2.45) is 0 Å². The summed E-state index contributed by atoms with van der Waals surface area (Å²) in [5.74, 6) is 0.0972. The lowest BCUT2D eigenvalue weighted by Gasteiger charge is -2.24. The molecule has 0 radical (unpaired) electrons. The average Bonchev–Trinajstić information content (AvgIpc) is 2.57. The summed E-state index contributed by atoms with van der Waals surface area (Å²) in [6, 6.07) is 15.1. The van der Waals surface area contributed by atoms with Gasteiger partial charge in [-0.1, -0.05) is 35.9 Å². The predicted molar refractivity (Wildman–Crippen MR) is 87.5 cm³/mol. The predicted octanol–water partition coefficient (Wildman–Crippen LogP) is 3.43. The number of ether oxygens (including phenoxy) is 1. The molecule has 22 heavy (non-hydrogen) atoms. The molecule has 0 saturated carbocycles. The molecular formula is C18H18ClNO2. The average molecular weight is 316 g/mol. The normalized spacial score (nSPS) is 18.1. The third kappa shape index (κ3) is 3.74. The van der Waals surface area contributed by atoms with E-state index in [1.807, 2.05) is 24.3 Å². The van der Waals surface area contributed by atoms with Crippen LogP contribution in [0.5, 0.6) is 0 Å². The maximum absolute atomic E-state index is 12.2. The molecule has 0 aliphatic carbocycles. The van der Waals surface area contributed by atoms with Gasteiger partial charge in [0.1, 0.15) is 0 Å². The van der Waals surface area contributed by atoms with Crippen molar-refractivity contribution in [3.8, 4) is 0 Å². The number of benzene rings is 2. The van der Waals surface area contributed by atoms with Gasteiger partial charge in [0, 0.05) is 30.1 Å². The van der Waals surface area contributed by atoms with E-state index in [9.17, 15) is 4.79 Å². The third-order valence-electron chi connectivity index (χ3n) is 3.81. The molecule has 1 N–H and O–H groups in total. The van der Waals surface area contributed by atoms with Crippen molar-refractivity contribution in [2.75, 3.05) is 19.7 Å². The van der Waals surface area contributed by atoms with Crippen molar-refractivity contribution in [3.63, 3.8) is 0 Å². The second-order valence-electron chi connectivity index (χ2n) is 5.41. The lowest BCUT2D eigenvalue weighted by atomic mass is 10.0. The van der Waals surface area contributed by atoms with Crippen molar-refractivity contribution in [1.29, 1.82) is 0 Å². The van der Waals surface area contributed by atoms with Crippen LogP contribution in [0.15, 0.2) is 48.5 Å². The first kappa shape index (κ1) is 15.2. The van der Waals surface area contributed by atoms with Crippen LogP contribution in [-0.4, -0.2) is 25.5 Å². The van der Waals surface area contributed by atoms with Crippen molar-refractivity contribution in [2.45, 2.75) is 12.5 Å². The molecule has 1 fully saturated rings. The largest absolute Gasteiger partial charge is 0.371 e. The monoisotopic (exact) mass is 315 g/mol. The third-order valence-corrected chi connectivity index (χ3v) is 4.06. The number of rotatable bonds is 4. The number of hydrogen-bond donors (Lipinski definition) is 1. The number of carbonyl (C=O) groups excluding carboxylic acids is 1. The Kier molecular flexibility index (Phi) is 4.88. The van der Waals surface area contributed by atoms with Crippen molar-refractivity contribution >= 4 is 17.4 Å². The molecule has 114 valence electrons. The highest BCUT2D eigenvalue weighted by Gasteiger charge is 2.15. The standard InChI is InChI=1S/C18H18ClNO2/c19-16-7-5-14(6-8-16)17(21)11-13-1-3-15(4-2-13)18-12-20-9-10-22-18/h1-8,18,20H,9-12H2. The van der Waals surface area contributed by atoms with Gasteiger partial charge in [-0.05, 0) is 35.4 Å².